The molecule has 0 radical (unpaired) electrons. The predicted octanol–water partition coefficient (Wildman–Crippen LogP) is 1.98. The van der Waals surface area contributed by atoms with E-state index in [2.05, 4.69) is 15.9 Å². The van der Waals surface area contributed by atoms with Crippen molar-refractivity contribution in [1.29, 1.82) is 0 Å². The SMILES string of the molecule is CC(N)C(=O)c1ccccc1Br. The van der Waals surface area contributed by atoms with E-state index in [1.807, 2.05) is 18.2 Å². The van der Waals surface area contributed by atoms with Gasteiger partial charge in [0, 0.05) is 10.0 Å². The number of carbonyl (C=O) groups is 1. The van der Waals surface area contributed by atoms with Crippen LogP contribution in [0.2, 0.25) is 0 Å². The number of hydrogen-bond acceptors (Lipinski definition) is 2. The molecule has 3 heteroatoms. The number of ketones is 1. The van der Waals surface area contributed by atoms with Crippen LogP contribution in [0.15, 0.2) is 28.7 Å². The third-order valence-electron chi connectivity index (χ3n) is 1.55. The molecular formula is C9H10BrNO. The fraction of sp³-hybridized carbons (Fsp3) is 0.222. The van der Waals surface area contributed by atoms with Crippen LogP contribution in [0.25, 0.3) is 0 Å². The summed E-state index contributed by atoms with van der Waals surface area (Å²) in [5, 5.41) is 0. The van der Waals surface area contributed by atoms with Crippen LogP contribution in [-0.4, -0.2) is 11.8 Å². The molecule has 1 aromatic carbocycles. The number of rotatable bonds is 2. The first-order valence-electron chi connectivity index (χ1n) is 3.67. The summed E-state index contributed by atoms with van der Waals surface area (Å²) >= 11 is 3.29. The maximum atomic E-state index is 11.4. The molecule has 0 fully saturated rings. The lowest BCUT2D eigenvalue weighted by atomic mass is 10.1. The van der Waals surface area contributed by atoms with Crippen molar-refractivity contribution < 1.29 is 4.79 Å². The number of benzene rings is 1. The van der Waals surface area contributed by atoms with Crippen LogP contribution in [0.1, 0.15) is 17.3 Å². The van der Waals surface area contributed by atoms with Crippen molar-refractivity contribution >= 4 is 21.7 Å². The molecule has 64 valence electrons. The molecule has 0 saturated heterocycles. The molecule has 1 atom stereocenters. The number of Topliss-reactive ketones (excluding diaryl/α,β-unsaturated/α-hetero) is 1. The summed E-state index contributed by atoms with van der Waals surface area (Å²) in [4.78, 5) is 11.4. The zero-order valence-electron chi connectivity index (χ0n) is 6.75. The normalized spacial score (nSPS) is 12.6. The fourth-order valence-corrected chi connectivity index (χ4v) is 1.39. The molecule has 0 aliphatic carbocycles. The smallest absolute Gasteiger partial charge is 0.180 e. The molecule has 0 bridgehead atoms. The van der Waals surface area contributed by atoms with Gasteiger partial charge in [-0.1, -0.05) is 34.1 Å². The van der Waals surface area contributed by atoms with Crippen molar-refractivity contribution in [2.75, 3.05) is 0 Å². The highest BCUT2D eigenvalue weighted by Gasteiger charge is 2.12. The molecule has 12 heavy (non-hydrogen) atoms. The van der Waals surface area contributed by atoms with Gasteiger partial charge in [-0.2, -0.15) is 0 Å². The maximum absolute atomic E-state index is 11.4. The van der Waals surface area contributed by atoms with Crippen molar-refractivity contribution in [2.45, 2.75) is 13.0 Å². The van der Waals surface area contributed by atoms with Gasteiger partial charge in [-0.15, -0.1) is 0 Å². The molecule has 0 amide bonds. The Bertz CT molecular complexity index is 296. The van der Waals surface area contributed by atoms with Crippen molar-refractivity contribution in [1.82, 2.24) is 0 Å². The first-order chi connectivity index (χ1) is 5.63. The van der Waals surface area contributed by atoms with Gasteiger partial charge < -0.3 is 5.73 Å². The Morgan fingerprint density at radius 2 is 2.08 bits per heavy atom. The van der Waals surface area contributed by atoms with Crippen molar-refractivity contribution in [3.63, 3.8) is 0 Å². The molecular weight excluding hydrogens is 218 g/mol. The zero-order valence-corrected chi connectivity index (χ0v) is 8.34. The van der Waals surface area contributed by atoms with E-state index in [0.717, 1.165) is 4.47 Å². The molecule has 0 saturated carbocycles. The van der Waals surface area contributed by atoms with Gasteiger partial charge >= 0.3 is 0 Å². The van der Waals surface area contributed by atoms with E-state index in [1.165, 1.54) is 0 Å². The molecule has 2 N–H and O–H groups in total. The van der Waals surface area contributed by atoms with E-state index in [4.69, 9.17) is 5.73 Å². The Labute approximate surface area is 79.9 Å². The fourth-order valence-electron chi connectivity index (χ4n) is 0.906. The standard InChI is InChI=1S/C9H10BrNO/c1-6(11)9(12)7-4-2-3-5-8(7)10/h2-6H,11H2,1H3. The van der Waals surface area contributed by atoms with Gasteiger partial charge in [-0.25, -0.2) is 0 Å². The van der Waals surface area contributed by atoms with Gasteiger partial charge in [-0.05, 0) is 13.0 Å². The summed E-state index contributed by atoms with van der Waals surface area (Å²) in [5.41, 5.74) is 6.11. The number of hydrogen-bond donors (Lipinski definition) is 1. The second kappa shape index (κ2) is 3.83. The number of nitrogens with two attached hydrogens (primary N) is 1. The van der Waals surface area contributed by atoms with Gasteiger partial charge in [0.15, 0.2) is 5.78 Å². The summed E-state index contributed by atoms with van der Waals surface area (Å²) in [6.07, 6.45) is 0. The highest BCUT2D eigenvalue weighted by Crippen LogP contribution is 2.16. The minimum atomic E-state index is -0.441. The van der Waals surface area contributed by atoms with E-state index in [0.29, 0.717) is 5.56 Å². The van der Waals surface area contributed by atoms with Gasteiger partial charge in [0.25, 0.3) is 0 Å². The van der Waals surface area contributed by atoms with E-state index < -0.39 is 6.04 Å². The highest BCUT2D eigenvalue weighted by atomic mass is 79.9. The first-order valence-corrected chi connectivity index (χ1v) is 4.46. The lowest BCUT2D eigenvalue weighted by Crippen LogP contribution is -2.26. The predicted molar refractivity (Wildman–Crippen MR) is 52.1 cm³/mol. The Hall–Kier alpha value is -0.670. The molecule has 0 spiro atoms. The second-order valence-electron chi connectivity index (χ2n) is 2.63. The van der Waals surface area contributed by atoms with Crippen molar-refractivity contribution in [2.24, 2.45) is 5.73 Å². The van der Waals surface area contributed by atoms with Crippen molar-refractivity contribution in [3.8, 4) is 0 Å². The number of carbonyl (C=O) groups excluding carboxylic acids is 1. The maximum Gasteiger partial charge on any atom is 0.180 e. The molecule has 2 nitrogen and oxygen atoms in total. The average molecular weight is 228 g/mol. The second-order valence-corrected chi connectivity index (χ2v) is 3.49. The van der Waals surface area contributed by atoms with Gasteiger partial charge in [0.05, 0.1) is 6.04 Å². The lowest BCUT2D eigenvalue weighted by Gasteiger charge is -2.05. The zero-order chi connectivity index (χ0) is 9.14. The monoisotopic (exact) mass is 227 g/mol. The van der Waals surface area contributed by atoms with Crippen LogP contribution in [0.3, 0.4) is 0 Å². The summed E-state index contributed by atoms with van der Waals surface area (Å²) in [6, 6.07) is 6.83. The van der Waals surface area contributed by atoms with Crippen LogP contribution >= 0.6 is 15.9 Å². The van der Waals surface area contributed by atoms with Gasteiger partial charge in [0.2, 0.25) is 0 Å². The molecule has 0 aliphatic heterocycles. The summed E-state index contributed by atoms with van der Waals surface area (Å²) in [6.45, 7) is 1.68. The Balaban J connectivity index is 3.03. The Morgan fingerprint density at radius 3 is 2.58 bits per heavy atom. The molecule has 1 rings (SSSR count). The van der Waals surface area contributed by atoms with Crippen LogP contribution < -0.4 is 5.73 Å². The molecule has 1 unspecified atom stereocenters. The van der Waals surface area contributed by atoms with E-state index in [1.54, 1.807) is 13.0 Å². The average Bonchev–Trinajstić information content (AvgIpc) is 2.04. The third kappa shape index (κ3) is 1.93. The van der Waals surface area contributed by atoms with Crippen LogP contribution in [0.5, 0.6) is 0 Å². The van der Waals surface area contributed by atoms with Crippen LogP contribution in [-0.2, 0) is 0 Å². The minimum Gasteiger partial charge on any atom is -0.321 e. The van der Waals surface area contributed by atoms with Gasteiger partial charge in [0.1, 0.15) is 0 Å². The first kappa shape index (κ1) is 9.42. The Morgan fingerprint density at radius 1 is 1.50 bits per heavy atom. The van der Waals surface area contributed by atoms with E-state index >= 15 is 0 Å². The topological polar surface area (TPSA) is 43.1 Å². The van der Waals surface area contributed by atoms with Gasteiger partial charge in [-0.3, -0.25) is 4.79 Å². The highest BCUT2D eigenvalue weighted by molar-refractivity contribution is 9.10. The molecule has 0 aliphatic rings. The summed E-state index contributed by atoms with van der Waals surface area (Å²) in [5.74, 6) is -0.0394. The molecule has 1 aromatic rings. The summed E-state index contributed by atoms with van der Waals surface area (Å²) < 4.78 is 0.798. The van der Waals surface area contributed by atoms with Crippen molar-refractivity contribution in [3.05, 3.63) is 34.3 Å². The number of halogens is 1. The van der Waals surface area contributed by atoms with Crippen LogP contribution in [0, 0.1) is 0 Å². The third-order valence-corrected chi connectivity index (χ3v) is 2.24. The summed E-state index contributed by atoms with van der Waals surface area (Å²) in [7, 11) is 0. The minimum absolute atomic E-state index is 0.0394. The Kier molecular flexibility index (Phi) is 3.00. The lowest BCUT2D eigenvalue weighted by molar-refractivity contribution is 0.0967. The van der Waals surface area contributed by atoms with Crippen LogP contribution in [0.4, 0.5) is 0 Å². The van der Waals surface area contributed by atoms with E-state index in [9.17, 15) is 4.79 Å². The van der Waals surface area contributed by atoms with E-state index in [-0.39, 0.29) is 5.78 Å². The quantitative estimate of drug-likeness (QED) is 0.786. The molecule has 0 heterocycles. The largest absolute Gasteiger partial charge is 0.321 e. The molecule has 0 aromatic heterocycles.